The van der Waals surface area contributed by atoms with Crippen LogP contribution in [0.4, 0.5) is 5.95 Å². The van der Waals surface area contributed by atoms with Crippen LogP contribution in [0.15, 0.2) is 61.2 Å². The van der Waals surface area contributed by atoms with E-state index in [1.807, 2.05) is 35.1 Å². The Morgan fingerprint density at radius 3 is 2.52 bits per heavy atom. The Bertz CT molecular complexity index is 667. The van der Waals surface area contributed by atoms with E-state index in [9.17, 15) is 0 Å². The van der Waals surface area contributed by atoms with Gasteiger partial charge in [0.25, 0.3) is 0 Å². The van der Waals surface area contributed by atoms with Gasteiger partial charge in [-0.3, -0.25) is 4.68 Å². The molecule has 3 rings (SSSR count). The molecule has 0 aliphatic carbocycles. The van der Waals surface area contributed by atoms with Gasteiger partial charge < -0.3 is 5.32 Å². The monoisotopic (exact) mass is 299 g/mol. The zero-order chi connectivity index (χ0) is 14.5. The maximum absolute atomic E-state index is 5.81. The number of nitrogens with zero attached hydrogens (tertiary/aromatic N) is 4. The zero-order valence-electron chi connectivity index (χ0n) is 11.2. The summed E-state index contributed by atoms with van der Waals surface area (Å²) in [7, 11) is 0. The second-order valence-electron chi connectivity index (χ2n) is 4.56. The molecule has 0 saturated carbocycles. The van der Waals surface area contributed by atoms with E-state index in [0.29, 0.717) is 17.5 Å². The number of rotatable bonds is 5. The van der Waals surface area contributed by atoms with E-state index in [4.69, 9.17) is 11.6 Å². The van der Waals surface area contributed by atoms with Crippen molar-refractivity contribution in [1.29, 1.82) is 0 Å². The lowest BCUT2D eigenvalue weighted by atomic mass is 10.1. The first-order valence-corrected chi connectivity index (χ1v) is 6.95. The largest absolute Gasteiger partial charge is 0.346 e. The van der Waals surface area contributed by atoms with Gasteiger partial charge in [-0.05, 0) is 11.6 Å². The molecular formula is C15H14ClN5. The zero-order valence-corrected chi connectivity index (χ0v) is 12.0. The summed E-state index contributed by atoms with van der Waals surface area (Å²) in [4.78, 5) is 8.38. The molecule has 21 heavy (non-hydrogen) atoms. The summed E-state index contributed by atoms with van der Waals surface area (Å²) in [5, 5.41) is 8.09. The summed E-state index contributed by atoms with van der Waals surface area (Å²) >= 11 is 5.81. The Kier molecular flexibility index (Phi) is 4.12. The minimum atomic E-state index is 0.0206. The Morgan fingerprint density at radius 2 is 1.86 bits per heavy atom. The molecule has 0 amide bonds. The number of aromatic nitrogens is 4. The fourth-order valence-electron chi connectivity index (χ4n) is 2.06. The Hall–Kier alpha value is -2.40. The molecule has 3 aromatic rings. The summed E-state index contributed by atoms with van der Waals surface area (Å²) in [6.07, 6.45) is 6.85. The number of halogens is 1. The van der Waals surface area contributed by atoms with E-state index in [2.05, 4.69) is 32.5 Å². The molecule has 0 spiro atoms. The fraction of sp³-hybridized carbons (Fsp3) is 0.133. The molecule has 1 atom stereocenters. The van der Waals surface area contributed by atoms with Crippen LogP contribution in [0.25, 0.3) is 0 Å². The molecule has 5 nitrogen and oxygen atoms in total. The second kappa shape index (κ2) is 6.37. The first-order chi connectivity index (χ1) is 10.3. The third-order valence-electron chi connectivity index (χ3n) is 3.05. The van der Waals surface area contributed by atoms with Crippen LogP contribution in [-0.2, 0) is 6.54 Å². The van der Waals surface area contributed by atoms with Crippen LogP contribution >= 0.6 is 11.6 Å². The van der Waals surface area contributed by atoms with Crippen molar-refractivity contribution in [2.75, 3.05) is 5.32 Å². The van der Waals surface area contributed by atoms with Crippen LogP contribution in [0.3, 0.4) is 0 Å². The SMILES string of the molecule is Clc1cnc(N[C@H](Cn2cccn2)c2ccccc2)nc1. The van der Waals surface area contributed by atoms with Crippen LogP contribution in [-0.4, -0.2) is 19.7 Å². The Balaban J connectivity index is 1.83. The molecule has 0 aliphatic rings. The second-order valence-corrected chi connectivity index (χ2v) is 5.00. The normalized spacial score (nSPS) is 12.0. The van der Waals surface area contributed by atoms with Gasteiger partial charge in [-0.15, -0.1) is 0 Å². The van der Waals surface area contributed by atoms with Crippen molar-refractivity contribution in [2.45, 2.75) is 12.6 Å². The van der Waals surface area contributed by atoms with E-state index >= 15 is 0 Å². The first-order valence-electron chi connectivity index (χ1n) is 6.58. The number of hydrogen-bond acceptors (Lipinski definition) is 4. The number of anilines is 1. The quantitative estimate of drug-likeness (QED) is 0.786. The van der Waals surface area contributed by atoms with Crippen molar-refractivity contribution in [3.8, 4) is 0 Å². The molecule has 0 radical (unpaired) electrons. The average molecular weight is 300 g/mol. The van der Waals surface area contributed by atoms with E-state index < -0.39 is 0 Å². The summed E-state index contributed by atoms with van der Waals surface area (Å²) in [5.41, 5.74) is 1.14. The summed E-state index contributed by atoms with van der Waals surface area (Å²) < 4.78 is 1.88. The Morgan fingerprint density at radius 1 is 1.10 bits per heavy atom. The number of nitrogens with one attached hydrogen (secondary N) is 1. The predicted molar refractivity (Wildman–Crippen MR) is 82.1 cm³/mol. The van der Waals surface area contributed by atoms with Gasteiger partial charge in [0.15, 0.2) is 0 Å². The number of benzene rings is 1. The highest BCUT2D eigenvalue weighted by atomic mass is 35.5. The van der Waals surface area contributed by atoms with Gasteiger partial charge in [-0.25, -0.2) is 9.97 Å². The molecule has 0 fully saturated rings. The molecule has 0 bridgehead atoms. The van der Waals surface area contributed by atoms with Crippen LogP contribution in [0.5, 0.6) is 0 Å². The van der Waals surface area contributed by atoms with Crippen LogP contribution in [0.1, 0.15) is 11.6 Å². The lowest BCUT2D eigenvalue weighted by Gasteiger charge is -2.19. The third-order valence-corrected chi connectivity index (χ3v) is 3.25. The van der Waals surface area contributed by atoms with E-state index in [1.54, 1.807) is 18.6 Å². The lowest BCUT2D eigenvalue weighted by molar-refractivity contribution is 0.548. The van der Waals surface area contributed by atoms with Gasteiger partial charge in [0.1, 0.15) is 0 Å². The molecule has 0 saturated heterocycles. The van der Waals surface area contributed by atoms with Crippen LogP contribution < -0.4 is 5.32 Å². The minimum absolute atomic E-state index is 0.0206. The number of hydrogen-bond donors (Lipinski definition) is 1. The highest BCUT2D eigenvalue weighted by Crippen LogP contribution is 2.19. The predicted octanol–water partition coefficient (Wildman–Crippen LogP) is 3.18. The molecule has 106 valence electrons. The highest BCUT2D eigenvalue weighted by Gasteiger charge is 2.13. The smallest absolute Gasteiger partial charge is 0.223 e. The molecule has 6 heteroatoms. The van der Waals surface area contributed by atoms with Crippen molar-refractivity contribution in [3.63, 3.8) is 0 Å². The first kappa shape index (κ1) is 13.6. The van der Waals surface area contributed by atoms with E-state index in [1.165, 1.54) is 0 Å². The molecule has 1 aromatic carbocycles. The standard InChI is InChI=1S/C15H14ClN5/c16-13-9-17-15(18-10-13)20-14(11-21-8-4-7-19-21)12-5-2-1-3-6-12/h1-10,14H,11H2,(H,17,18,20)/t14-/m1/s1. The van der Waals surface area contributed by atoms with Gasteiger partial charge in [0.05, 0.1) is 30.0 Å². The van der Waals surface area contributed by atoms with Crippen molar-refractivity contribution >= 4 is 17.5 Å². The molecule has 2 aromatic heterocycles. The topological polar surface area (TPSA) is 55.6 Å². The van der Waals surface area contributed by atoms with Crippen molar-refractivity contribution in [1.82, 2.24) is 19.7 Å². The fourth-order valence-corrected chi connectivity index (χ4v) is 2.16. The maximum Gasteiger partial charge on any atom is 0.223 e. The lowest BCUT2D eigenvalue weighted by Crippen LogP contribution is -2.19. The van der Waals surface area contributed by atoms with Gasteiger partial charge in [0, 0.05) is 12.4 Å². The highest BCUT2D eigenvalue weighted by molar-refractivity contribution is 6.30. The van der Waals surface area contributed by atoms with Gasteiger partial charge in [-0.1, -0.05) is 41.9 Å². The molecule has 0 unspecified atom stereocenters. The van der Waals surface area contributed by atoms with Crippen molar-refractivity contribution < 1.29 is 0 Å². The van der Waals surface area contributed by atoms with Crippen LogP contribution in [0.2, 0.25) is 5.02 Å². The van der Waals surface area contributed by atoms with Crippen molar-refractivity contribution in [2.24, 2.45) is 0 Å². The van der Waals surface area contributed by atoms with Gasteiger partial charge >= 0.3 is 0 Å². The summed E-state index contributed by atoms with van der Waals surface area (Å²) in [6, 6.07) is 12.1. The summed E-state index contributed by atoms with van der Waals surface area (Å²) in [5.74, 6) is 0.542. The summed E-state index contributed by atoms with van der Waals surface area (Å²) in [6.45, 7) is 0.684. The van der Waals surface area contributed by atoms with Gasteiger partial charge in [0.2, 0.25) is 5.95 Å². The molecular weight excluding hydrogens is 286 g/mol. The maximum atomic E-state index is 5.81. The molecule has 1 N–H and O–H groups in total. The van der Waals surface area contributed by atoms with Crippen molar-refractivity contribution in [3.05, 3.63) is 71.8 Å². The molecule has 2 heterocycles. The third kappa shape index (κ3) is 3.58. The minimum Gasteiger partial charge on any atom is -0.346 e. The Labute approximate surface area is 127 Å². The van der Waals surface area contributed by atoms with E-state index in [0.717, 1.165) is 5.56 Å². The average Bonchev–Trinajstić information content (AvgIpc) is 3.03. The molecule has 0 aliphatic heterocycles. The van der Waals surface area contributed by atoms with Gasteiger partial charge in [-0.2, -0.15) is 5.10 Å². The van der Waals surface area contributed by atoms with Crippen LogP contribution in [0, 0.1) is 0 Å². The van der Waals surface area contributed by atoms with E-state index in [-0.39, 0.29) is 6.04 Å².